The summed E-state index contributed by atoms with van der Waals surface area (Å²) in [5.41, 5.74) is 0. The van der Waals surface area contributed by atoms with Crippen LogP contribution in [0.15, 0.2) is 11.5 Å². The molecule has 1 heterocycles. The highest BCUT2D eigenvalue weighted by atomic mass is 32.2. The maximum atomic E-state index is 11.2. The van der Waals surface area contributed by atoms with Crippen LogP contribution in [0.1, 0.15) is 13.8 Å². The van der Waals surface area contributed by atoms with E-state index in [4.69, 9.17) is 4.74 Å². The monoisotopic (exact) mass is 233 g/mol. The van der Waals surface area contributed by atoms with Crippen molar-refractivity contribution in [2.75, 3.05) is 12.4 Å². The molecule has 1 atom stereocenters. The highest BCUT2D eigenvalue weighted by molar-refractivity contribution is 7.94. The van der Waals surface area contributed by atoms with E-state index in [0.29, 0.717) is 6.61 Å². The normalized spacial score (nSPS) is 23.0. The average molecular weight is 233 g/mol. The molecule has 15 heavy (non-hydrogen) atoms. The Labute approximate surface area is 89.4 Å². The van der Waals surface area contributed by atoms with Crippen LogP contribution >= 0.6 is 0 Å². The predicted molar refractivity (Wildman–Crippen MR) is 56.0 cm³/mol. The Hall–Kier alpha value is -1.04. The van der Waals surface area contributed by atoms with Crippen LogP contribution in [0.25, 0.3) is 0 Å². The molecule has 6 heteroatoms. The second-order valence-electron chi connectivity index (χ2n) is 3.90. The minimum Gasteiger partial charge on any atom is -0.449 e. The van der Waals surface area contributed by atoms with Crippen molar-refractivity contribution in [1.82, 2.24) is 5.32 Å². The van der Waals surface area contributed by atoms with Crippen LogP contribution < -0.4 is 5.32 Å². The smallest absolute Gasteiger partial charge is 0.407 e. The Balaban J connectivity index is 2.32. The summed E-state index contributed by atoms with van der Waals surface area (Å²) in [5, 5.41) is 3.57. The quantitative estimate of drug-likeness (QED) is 0.778. The van der Waals surface area contributed by atoms with Crippen molar-refractivity contribution in [2.45, 2.75) is 19.9 Å². The number of rotatable bonds is 3. The third kappa shape index (κ3) is 4.33. The van der Waals surface area contributed by atoms with Gasteiger partial charge in [0.15, 0.2) is 9.84 Å². The molecule has 5 nitrogen and oxygen atoms in total. The van der Waals surface area contributed by atoms with E-state index in [0.717, 1.165) is 5.41 Å². The molecule has 1 unspecified atom stereocenters. The Morgan fingerprint density at radius 1 is 1.60 bits per heavy atom. The van der Waals surface area contributed by atoms with Gasteiger partial charge in [0.25, 0.3) is 0 Å². The molecule has 0 bridgehead atoms. The van der Waals surface area contributed by atoms with Gasteiger partial charge in [-0.2, -0.15) is 0 Å². The van der Waals surface area contributed by atoms with Crippen molar-refractivity contribution in [1.29, 1.82) is 0 Å². The number of carbonyl (C=O) groups is 1. The van der Waals surface area contributed by atoms with Gasteiger partial charge in [0.05, 0.1) is 18.4 Å². The molecule has 0 saturated carbocycles. The van der Waals surface area contributed by atoms with Gasteiger partial charge < -0.3 is 10.1 Å². The van der Waals surface area contributed by atoms with Gasteiger partial charge in [-0.15, -0.1) is 0 Å². The van der Waals surface area contributed by atoms with E-state index in [1.54, 1.807) is 0 Å². The van der Waals surface area contributed by atoms with E-state index >= 15 is 0 Å². The van der Waals surface area contributed by atoms with Crippen LogP contribution in [0.3, 0.4) is 0 Å². The molecule has 1 N–H and O–H groups in total. The minimum absolute atomic E-state index is 0.0796. The summed E-state index contributed by atoms with van der Waals surface area (Å²) < 4.78 is 26.9. The maximum absolute atomic E-state index is 11.2. The molecule has 1 rings (SSSR count). The molecule has 86 valence electrons. The number of nitrogens with one attached hydrogen (secondary N) is 1. The van der Waals surface area contributed by atoms with Gasteiger partial charge in [0, 0.05) is 5.41 Å². The highest BCUT2D eigenvalue weighted by Crippen LogP contribution is 2.07. The van der Waals surface area contributed by atoms with E-state index in [-0.39, 0.29) is 11.7 Å². The summed E-state index contributed by atoms with van der Waals surface area (Å²) in [7, 11) is -3.12. The molecular weight excluding hydrogens is 218 g/mol. The second kappa shape index (κ2) is 4.65. The van der Waals surface area contributed by atoms with E-state index < -0.39 is 22.0 Å². The molecular formula is C9H15NO4S. The fraction of sp³-hybridized carbons (Fsp3) is 0.667. The zero-order valence-electron chi connectivity index (χ0n) is 8.76. The van der Waals surface area contributed by atoms with Crippen molar-refractivity contribution in [3.8, 4) is 0 Å². The van der Waals surface area contributed by atoms with E-state index in [1.807, 2.05) is 13.8 Å². The van der Waals surface area contributed by atoms with E-state index in [9.17, 15) is 13.2 Å². The topological polar surface area (TPSA) is 72.5 Å². The van der Waals surface area contributed by atoms with Crippen molar-refractivity contribution in [2.24, 2.45) is 5.92 Å². The van der Waals surface area contributed by atoms with Crippen LogP contribution in [-0.4, -0.2) is 32.9 Å². The molecule has 0 aromatic rings. The third-order valence-electron chi connectivity index (χ3n) is 1.78. The van der Waals surface area contributed by atoms with Crippen molar-refractivity contribution < 1.29 is 17.9 Å². The van der Waals surface area contributed by atoms with Gasteiger partial charge in [-0.25, -0.2) is 13.2 Å². The molecule has 0 aromatic heterocycles. The first-order valence-corrected chi connectivity index (χ1v) is 6.45. The van der Waals surface area contributed by atoms with Gasteiger partial charge in [0.1, 0.15) is 0 Å². The number of alkyl carbamates (subject to hydrolysis) is 1. The van der Waals surface area contributed by atoms with Crippen molar-refractivity contribution >= 4 is 15.9 Å². The summed E-state index contributed by atoms with van der Waals surface area (Å²) in [6.07, 6.45) is 0.877. The van der Waals surface area contributed by atoms with Gasteiger partial charge >= 0.3 is 6.09 Å². The average Bonchev–Trinajstić information content (AvgIpc) is 2.42. The van der Waals surface area contributed by atoms with Crippen LogP contribution in [0.2, 0.25) is 0 Å². The van der Waals surface area contributed by atoms with Gasteiger partial charge in [-0.05, 0) is 12.0 Å². The number of hydrogen-bond acceptors (Lipinski definition) is 4. The summed E-state index contributed by atoms with van der Waals surface area (Å²) in [4.78, 5) is 11.2. The fourth-order valence-electron chi connectivity index (χ4n) is 1.10. The molecule has 0 aromatic carbocycles. The molecule has 0 aliphatic carbocycles. The van der Waals surface area contributed by atoms with E-state index in [2.05, 4.69) is 5.32 Å². The maximum Gasteiger partial charge on any atom is 0.407 e. The molecule has 0 saturated heterocycles. The predicted octanol–water partition coefficient (Wildman–Crippen LogP) is 0.679. The lowest BCUT2D eigenvalue weighted by molar-refractivity contribution is 0.131. The third-order valence-corrected chi connectivity index (χ3v) is 3.18. The number of hydrogen-bond donors (Lipinski definition) is 1. The lowest BCUT2D eigenvalue weighted by atomic mass is 10.2. The molecule has 0 radical (unpaired) electrons. The Morgan fingerprint density at radius 2 is 2.27 bits per heavy atom. The number of amides is 1. The highest BCUT2D eigenvalue weighted by Gasteiger charge is 2.23. The van der Waals surface area contributed by atoms with Crippen LogP contribution in [0, 0.1) is 5.92 Å². The molecule has 1 amide bonds. The molecule has 1 aliphatic heterocycles. The summed E-state index contributed by atoms with van der Waals surface area (Å²) in [5.74, 6) is 0.183. The van der Waals surface area contributed by atoms with Crippen molar-refractivity contribution in [3.63, 3.8) is 0 Å². The Morgan fingerprint density at radius 3 is 2.73 bits per heavy atom. The second-order valence-corrected chi connectivity index (χ2v) is 5.83. The fourth-order valence-corrected chi connectivity index (χ4v) is 2.34. The lowest BCUT2D eigenvalue weighted by Gasteiger charge is -2.11. The summed E-state index contributed by atoms with van der Waals surface area (Å²) in [6, 6.07) is -0.463. The summed E-state index contributed by atoms with van der Waals surface area (Å²) >= 11 is 0. The Bertz CT molecular complexity index is 358. The molecule has 0 spiro atoms. The zero-order valence-corrected chi connectivity index (χ0v) is 9.58. The van der Waals surface area contributed by atoms with Crippen molar-refractivity contribution in [3.05, 3.63) is 11.5 Å². The lowest BCUT2D eigenvalue weighted by Crippen LogP contribution is -2.36. The van der Waals surface area contributed by atoms with Crippen LogP contribution in [0.5, 0.6) is 0 Å². The minimum atomic E-state index is -3.12. The first-order valence-electron chi connectivity index (χ1n) is 4.73. The molecule has 1 aliphatic rings. The number of carbonyl (C=O) groups excluding carboxylic acids is 1. The first kappa shape index (κ1) is 12.0. The van der Waals surface area contributed by atoms with Crippen LogP contribution in [0.4, 0.5) is 4.79 Å². The van der Waals surface area contributed by atoms with Gasteiger partial charge in [0.2, 0.25) is 0 Å². The number of sulfone groups is 1. The van der Waals surface area contributed by atoms with Crippen LogP contribution in [-0.2, 0) is 14.6 Å². The van der Waals surface area contributed by atoms with Gasteiger partial charge in [-0.3, -0.25) is 0 Å². The van der Waals surface area contributed by atoms with Gasteiger partial charge in [-0.1, -0.05) is 13.8 Å². The standard InChI is InChI=1S/C9H15NO4S/c1-7(2)5-14-9(11)10-8-3-4-15(12,13)6-8/h3-4,7-8H,5-6H2,1-2H3,(H,10,11). The zero-order chi connectivity index (χ0) is 11.5. The Kier molecular flexibility index (Phi) is 3.73. The first-order chi connectivity index (χ1) is 6.89. The largest absolute Gasteiger partial charge is 0.449 e. The SMILES string of the molecule is CC(C)COC(=O)NC1C=CS(=O)(=O)C1. The molecule has 0 fully saturated rings. The summed E-state index contributed by atoms with van der Waals surface area (Å²) in [6.45, 7) is 4.18. The number of ether oxygens (including phenoxy) is 1. The van der Waals surface area contributed by atoms with E-state index in [1.165, 1.54) is 6.08 Å².